The van der Waals surface area contributed by atoms with E-state index in [2.05, 4.69) is 17.6 Å². The molecule has 1 unspecified atom stereocenters. The van der Waals surface area contributed by atoms with Gasteiger partial charge in [0.2, 0.25) is 0 Å². The van der Waals surface area contributed by atoms with Crippen LogP contribution in [0.5, 0.6) is 11.5 Å². The lowest BCUT2D eigenvalue weighted by atomic mass is 9.85. The summed E-state index contributed by atoms with van der Waals surface area (Å²) < 4.78 is 11.6. The molecule has 164 valence electrons. The van der Waals surface area contributed by atoms with Crippen molar-refractivity contribution in [2.75, 3.05) is 13.7 Å². The Morgan fingerprint density at radius 3 is 2.60 bits per heavy atom. The lowest BCUT2D eigenvalue weighted by Gasteiger charge is -2.34. The first-order chi connectivity index (χ1) is 14.6. The van der Waals surface area contributed by atoms with Crippen molar-refractivity contribution in [3.63, 3.8) is 0 Å². The molecule has 0 saturated heterocycles. The average molecular weight is 431 g/mol. The number of thiocarbonyl (C=S) groups is 1. The smallest absolute Gasteiger partial charge is 0.171 e. The van der Waals surface area contributed by atoms with Gasteiger partial charge in [0.15, 0.2) is 22.4 Å². The molecule has 1 aromatic carbocycles. The molecular formula is C24H34N2O3S. The number of ketones is 1. The molecule has 0 bridgehead atoms. The SMILES string of the molecule is CCCCCCCCCOc1ccc(C2NC(=S)NC3=C2C(=O)CCC3)cc1OC. The van der Waals surface area contributed by atoms with Gasteiger partial charge in [-0.3, -0.25) is 4.79 Å². The molecule has 3 rings (SSSR count). The summed E-state index contributed by atoms with van der Waals surface area (Å²) in [6, 6.07) is 5.65. The quantitative estimate of drug-likeness (QED) is 0.364. The summed E-state index contributed by atoms with van der Waals surface area (Å²) >= 11 is 5.37. The monoisotopic (exact) mass is 430 g/mol. The molecule has 6 heteroatoms. The zero-order valence-corrected chi connectivity index (χ0v) is 19.0. The zero-order valence-electron chi connectivity index (χ0n) is 18.2. The van der Waals surface area contributed by atoms with Crippen LogP contribution in [-0.2, 0) is 4.79 Å². The van der Waals surface area contributed by atoms with Crippen LogP contribution in [0.2, 0.25) is 0 Å². The fourth-order valence-corrected chi connectivity index (χ4v) is 4.42. The van der Waals surface area contributed by atoms with Crippen molar-refractivity contribution in [2.45, 2.75) is 77.2 Å². The molecule has 0 spiro atoms. The highest BCUT2D eigenvalue weighted by Gasteiger charge is 2.33. The third-order valence-electron chi connectivity index (χ3n) is 5.81. The minimum atomic E-state index is -0.243. The number of ether oxygens (including phenoxy) is 2. The molecule has 1 aliphatic heterocycles. The van der Waals surface area contributed by atoms with E-state index in [-0.39, 0.29) is 11.8 Å². The molecule has 0 amide bonds. The van der Waals surface area contributed by atoms with Crippen LogP contribution in [0.25, 0.3) is 0 Å². The normalized spacial score (nSPS) is 18.5. The van der Waals surface area contributed by atoms with E-state index in [1.54, 1.807) is 7.11 Å². The van der Waals surface area contributed by atoms with Gasteiger partial charge in [-0.15, -0.1) is 0 Å². The second-order valence-corrected chi connectivity index (χ2v) is 8.49. The van der Waals surface area contributed by atoms with E-state index in [1.807, 2.05) is 18.2 Å². The summed E-state index contributed by atoms with van der Waals surface area (Å²) in [6.07, 6.45) is 11.1. The summed E-state index contributed by atoms with van der Waals surface area (Å²) in [5.74, 6) is 1.61. The van der Waals surface area contributed by atoms with Gasteiger partial charge in [-0.1, -0.05) is 51.5 Å². The Kier molecular flexibility index (Phi) is 8.55. The summed E-state index contributed by atoms with van der Waals surface area (Å²) in [5, 5.41) is 6.99. The standard InChI is InChI=1S/C24H34N2O3S/c1-3-4-5-6-7-8-9-15-29-20-14-13-17(16-21(20)28-2)23-22-18(25-24(30)26-23)11-10-12-19(22)27/h13-14,16,23H,3-12,15H2,1-2H3,(H2,25,26,30). The molecule has 30 heavy (non-hydrogen) atoms. The van der Waals surface area contributed by atoms with Crippen LogP contribution < -0.4 is 20.1 Å². The van der Waals surface area contributed by atoms with E-state index in [9.17, 15) is 4.79 Å². The van der Waals surface area contributed by atoms with Crippen molar-refractivity contribution in [1.82, 2.24) is 10.6 Å². The fourth-order valence-electron chi connectivity index (χ4n) is 4.18. The second-order valence-electron chi connectivity index (χ2n) is 8.08. The summed E-state index contributed by atoms with van der Waals surface area (Å²) in [6.45, 7) is 2.93. The molecule has 1 atom stereocenters. The van der Waals surface area contributed by atoms with Gasteiger partial charge in [-0.05, 0) is 49.2 Å². The highest BCUT2D eigenvalue weighted by molar-refractivity contribution is 7.80. The number of Topliss-reactive ketones (excluding diaryl/α,β-unsaturated/α-hetero) is 1. The van der Waals surface area contributed by atoms with Crippen molar-refractivity contribution in [3.05, 3.63) is 35.0 Å². The molecule has 0 aromatic heterocycles. The number of methoxy groups -OCH3 is 1. The van der Waals surface area contributed by atoms with E-state index < -0.39 is 0 Å². The van der Waals surface area contributed by atoms with Gasteiger partial charge in [-0.25, -0.2) is 0 Å². The second kappa shape index (κ2) is 11.3. The maximum absolute atomic E-state index is 12.6. The number of unbranched alkanes of at least 4 members (excludes halogenated alkanes) is 6. The molecule has 1 aliphatic carbocycles. The average Bonchev–Trinajstić information content (AvgIpc) is 2.75. The van der Waals surface area contributed by atoms with E-state index in [4.69, 9.17) is 21.7 Å². The van der Waals surface area contributed by atoms with Gasteiger partial charge < -0.3 is 20.1 Å². The Balaban J connectivity index is 1.62. The fraction of sp³-hybridized carbons (Fsp3) is 0.583. The minimum Gasteiger partial charge on any atom is -0.493 e. The predicted octanol–water partition coefficient (Wildman–Crippen LogP) is 5.35. The maximum Gasteiger partial charge on any atom is 0.171 e. The number of carbonyl (C=O) groups is 1. The molecule has 0 fully saturated rings. The first kappa shape index (κ1) is 22.6. The third-order valence-corrected chi connectivity index (χ3v) is 6.03. The van der Waals surface area contributed by atoms with Crippen LogP contribution in [0, 0.1) is 0 Å². The van der Waals surface area contributed by atoms with Crippen LogP contribution in [-0.4, -0.2) is 24.6 Å². The zero-order chi connectivity index (χ0) is 21.3. The summed E-state index contributed by atoms with van der Waals surface area (Å²) in [5.41, 5.74) is 2.72. The topological polar surface area (TPSA) is 59.6 Å². The number of nitrogens with one attached hydrogen (secondary N) is 2. The van der Waals surface area contributed by atoms with Gasteiger partial charge in [0.25, 0.3) is 0 Å². The van der Waals surface area contributed by atoms with Crippen LogP contribution in [0.4, 0.5) is 0 Å². The number of hydrogen-bond donors (Lipinski definition) is 2. The molecule has 1 aromatic rings. The van der Waals surface area contributed by atoms with Gasteiger partial charge in [0, 0.05) is 17.7 Å². The highest BCUT2D eigenvalue weighted by Crippen LogP contribution is 2.37. The van der Waals surface area contributed by atoms with Gasteiger partial charge in [0.1, 0.15) is 0 Å². The Labute approximate surface area is 185 Å². The Morgan fingerprint density at radius 2 is 1.83 bits per heavy atom. The third kappa shape index (κ3) is 5.75. The molecule has 0 saturated carbocycles. The van der Waals surface area contributed by atoms with Crippen molar-refractivity contribution in [3.8, 4) is 11.5 Å². The molecule has 2 aliphatic rings. The van der Waals surface area contributed by atoms with Gasteiger partial charge in [-0.2, -0.15) is 0 Å². The molecule has 0 radical (unpaired) electrons. The Hall–Kier alpha value is -2.08. The number of allylic oxidation sites excluding steroid dienone is 1. The molecule has 2 N–H and O–H groups in total. The van der Waals surface area contributed by atoms with Crippen LogP contribution >= 0.6 is 12.2 Å². The summed E-state index contributed by atoms with van der Waals surface area (Å²) in [7, 11) is 1.65. The lowest BCUT2D eigenvalue weighted by Crippen LogP contribution is -2.46. The number of carbonyl (C=O) groups excluding carboxylic acids is 1. The maximum atomic E-state index is 12.6. The van der Waals surface area contributed by atoms with Gasteiger partial charge >= 0.3 is 0 Å². The van der Waals surface area contributed by atoms with Crippen molar-refractivity contribution < 1.29 is 14.3 Å². The molecule has 1 heterocycles. The lowest BCUT2D eigenvalue weighted by molar-refractivity contribution is -0.116. The van der Waals surface area contributed by atoms with Crippen molar-refractivity contribution >= 4 is 23.1 Å². The summed E-state index contributed by atoms with van der Waals surface area (Å²) in [4.78, 5) is 12.6. The molecular weight excluding hydrogens is 396 g/mol. The van der Waals surface area contributed by atoms with E-state index in [0.717, 1.165) is 41.8 Å². The van der Waals surface area contributed by atoms with E-state index in [1.165, 1.54) is 38.5 Å². The van der Waals surface area contributed by atoms with Crippen LogP contribution in [0.15, 0.2) is 29.5 Å². The van der Waals surface area contributed by atoms with E-state index in [0.29, 0.717) is 23.9 Å². The van der Waals surface area contributed by atoms with Gasteiger partial charge in [0.05, 0.1) is 19.8 Å². The first-order valence-corrected chi connectivity index (χ1v) is 11.7. The number of rotatable bonds is 11. The largest absolute Gasteiger partial charge is 0.493 e. The number of hydrogen-bond acceptors (Lipinski definition) is 4. The van der Waals surface area contributed by atoms with E-state index >= 15 is 0 Å². The molecule has 5 nitrogen and oxygen atoms in total. The van der Waals surface area contributed by atoms with Crippen molar-refractivity contribution in [1.29, 1.82) is 0 Å². The predicted molar refractivity (Wildman–Crippen MR) is 124 cm³/mol. The Bertz CT molecular complexity index is 791. The first-order valence-electron chi connectivity index (χ1n) is 11.3. The van der Waals surface area contributed by atoms with Crippen LogP contribution in [0.3, 0.4) is 0 Å². The highest BCUT2D eigenvalue weighted by atomic mass is 32.1. The number of benzene rings is 1. The van der Waals surface area contributed by atoms with Crippen LogP contribution in [0.1, 0.15) is 82.7 Å². The minimum absolute atomic E-state index is 0.182. The van der Waals surface area contributed by atoms with Crippen molar-refractivity contribution in [2.24, 2.45) is 0 Å². The Morgan fingerprint density at radius 1 is 1.07 bits per heavy atom.